The lowest BCUT2D eigenvalue weighted by molar-refractivity contribution is -0.121. The van der Waals surface area contributed by atoms with Crippen LogP contribution in [0.2, 0.25) is 0 Å². The molecular weight excluding hydrogens is 250 g/mol. The van der Waals surface area contributed by atoms with Crippen LogP contribution >= 0.6 is 0 Å². The van der Waals surface area contributed by atoms with Crippen molar-refractivity contribution in [2.24, 2.45) is 0 Å². The minimum Gasteiger partial charge on any atom is -0.324 e. The van der Waals surface area contributed by atoms with Gasteiger partial charge in [0.25, 0.3) is 0 Å². The van der Waals surface area contributed by atoms with Crippen molar-refractivity contribution in [2.45, 2.75) is 33.2 Å². The van der Waals surface area contributed by atoms with Gasteiger partial charge in [0.1, 0.15) is 0 Å². The highest BCUT2D eigenvalue weighted by Gasteiger charge is 2.26. The predicted molar refractivity (Wildman–Crippen MR) is 82.9 cm³/mol. The molecule has 0 aliphatic heterocycles. The van der Waals surface area contributed by atoms with Crippen molar-refractivity contribution in [2.75, 3.05) is 11.9 Å². The average Bonchev–Trinajstić information content (AvgIpc) is 2.42. The van der Waals surface area contributed by atoms with E-state index < -0.39 is 5.54 Å². The standard InChI is InChI=1S/C16H21N3O/c1-5-18-16(3,4)15(20)19-13-9-8-11(2)14-12(13)7-6-10-17-14/h6-10,18H,5H2,1-4H3,(H,19,20). The summed E-state index contributed by atoms with van der Waals surface area (Å²) in [6.07, 6.45) is 1.77. The zero-order valence-corrected chi connectivity index (χ0v) is 12.4. The number of amides is 1. The number of anilines is 1. The van der Waals surface area contributed by atoms with Gasteiger partial charge in [-0.2, -0.15) is 0 Å². The van der Waals surface area contributed by atoms with E-state index in [1.54, 1.807) is 6.20 Å². The third kappa shape index (κ3) is 2.80. The molecule has 2 aromatic rings. The van der Waals surface area contributed by atoms with Gasteiger partial charge in [-0.05, 0) is 51.1 Å². The molecule has 1 amide bonds. The third-order valence-corrected chi connectivity index (χ3v) is 3.41. The van der Waals surface area contributed by atoms with Gasteiger partial charge in [0.15, 0.2) is 0 Å². The van der Waals surface area contributed by atoms with Crippen LogP contribution in [0, 0.1) is 6.92 Å². The van der Waals surface area contributed by atoms with Crippen molar-refractivity contribution in [1.29, 1.82) is 0 Å². The van der Waals surface area contributed by atoms with Crippen molar-refractivity contribution in [3.05, 3.63) is 36.0 Å². The van der Waals surface area contributed by atoms with E-state index in [0.717, 1.165) is 28.7 Å². The average molecular weight is 271 g/mol. The van der Waals surface area contributed by atoms with E-state index in [9.17, 15) is 4.79 Å². The van der Waals surface area contributed by atoms with Crippen LogP contribution in [0.4, 0.5) is 5.69 Å². The quantitative estimate of drug-likeness (QED) is 0.899. The number of carbonyl (C=O) groups is 1. The highest BCUT2D eigenvalue weighted by molar-refractivity contribution is 6.04. The monoisotopic (exact) mass is 271 g/mol. The minimum absolute atomic E-state index is 0.0478. The van der Waals surface area contributed by atoms with Crippen LogP contribution in [0.5, 0.6) is 0 Å². The molecule has 0 saturated heterocycles. The van der Waals surface area contributed by atoms with Crippen molar-refractivity contribution < 1.29 is 4.79 Å². The zero-order chi connectivity index (χ0) is 14.8. The second-order valence-corrected chi connectivity index (χ2v) is 5.44. The topological polar surface area (TPSA) is 54.0 Å². The SMILES string of the molecule is CCNC(C)(C)C(=O)Nc1ccc(C)c2ncccc12. The molecule has 106 valence electrons. The fraction of sp³-hybridized carbons (Fsp3) is 0.375. The Labute approximate surface area is 119 Å². The first-order valence-corrected chi connectivity index (χ1v) is 6.86. The highest BCUT2D eigenvalue weighted by Crippen LogP contribution is 2.25. The summed E-state index contributed by atoms with van der Waals surface area (Å²) in [6, 6.07) is 7.77. The van der Waals surface area contributed by atoms with E-state index >= 15 is 0 Å². The van der Waals surface area contributed by atoms with Gasteiger partial charge in [-0.15, -0.1) is 0 Å². The molecule has 4 heteroatoms. The van der Waals surface area contributed by atoms with Crippen LogP contribution < -0.4 is 10.6 Å². The van der Waals surface area contributed by atoms with Crippen molar-refractivity contribution >= 4 is 22.5 Å². The van der Waals surface area contributed by atoms with Crippen molar-refractivity contribution in [3.63, 3.8) is 0 Å². The number of hydrogen-bond donors (Lipinski definition) is 2. The molecule has 1 heterocycles. The summed E-state index contributed by atoms with van der Waals surface area (Å²) in [7, 11) is 0. The third-order valence-electron chi connectivity index (χ3n) is 3.41. The Balaban J connectivity index is 2.35. The summed E-state index contributed by atoms with van der Waals surface area (Å²) < 4.78 is 0. The summed E-state index contributed by atoms with van der Waals surface area (Å²) in [5, 5.41) is 7.14. The molecular formula is C16H21N3O. The van der Waals surface area contributed by atoms with Gasteiger partial charge in [-0.1, -0.05) is 13.0 Å². The molecule has 0 spiro atoms. The highest BCUT2D eigenvalue weighted by atomic mass is 16.2. The molecule has 2 rings (SSSR count). The first-order chi connectivity index (χ1) is 9.45. The Kier molecular flexibility index (Phi) is 4.04. The molecule has 0 bridgehead atoms. The lowest BCUT2D eigenvalue weighted by Crippen LogP contribution is -2.49. The predicted octanol–water partition coefficient (Wildman–Crippen LogP) is 2.87. The summed E-state index contributed by atoms with van der Waals surface area (Å²) in [6.45, 7) is 8.50. The molecule has 20 heavy (non-hydrogen) atoms. The van der Waals surface area contributed by atoms with Crippen molar-refractivity contribution in [1.82, 2.24) is 10.3 Å². The number of hydrogen-bond acceptors (Lipinski definition) is 3. The molecule has 0 radical (unpaired) electrons. The summed E-state index contributed by atoms with van der Waals surface area (Å²) >= 11 is 0. The van der Waals surface area contributed by atoms with Gasteiger partial charge in [-0.25, -0.2) is 0 Å². The summed E-state index contributed by atoms with van der Waals surface area (Å²) in [4.78, 5) is 16.7. The number of pyridine rings is 1. The van der Waals surface area contributed by atoms with Crippen LogP contribution in [0.15, 0.2) is 30.5 Å². The lowest BCUT2D eigenvalue weighted by atomic mass is 10.0. The first kappa shape index (κ1) is 14.5. The largest absolute Gasteiger partial charge is 0.324 e. The van der Waals surface area contributed by atoms with E-state index in [-0.39, 0.29) is 5.91 Å². The van der Waals surface area contributed by atoms with Gasteiger partial charge in [0.2, 0.25) is 5.91 Å². The van der Waals surface area contributed by atoms with Crippen LogP contribution in [0.25, 0.3) is 10.9 Å². The number of nitrogens with zero attached hydrogens (tertiary/aromatic N) is 1. The summed E-state index contributed by atoms with van der Waals surface area (Å²) in [5.74, 6) is -0.0478. The Morgan fingerprint density at radius 2 is 2.05 bits per heavy atom. The maximum Gasteiger partial charge on any atom is 0.244 e. The minimum atomic E-state index is -0.603. The molecule has 1 aromatic carbocycles. The van der Waals surface area contributed by atoms with Crippen LogP contribution in [0.1, 0.15) is 26.3 Å². The molecule has 4 nitrogen and oxygen atoms in total. The molecule has 0 saturated carbocycles. The van der Waals surface area contributed by atoms with E-state index in [4.69, 9.17) is 0 Å². The molecule has 0 aliphatic rings. The second kappa shape index (κ2) is 5.59. The van der Waals surface area contributed by atoms with Crippen LogP contribution in [0.3, 0.4) is 0 Å². The van der Waals surface area contributed by atoms with Gasteiger partial charge in [0.05, 0.1) is 16.7 Å². The fourth-order valence-electron chi connectivity index (χ4n) is 2.22. The Morgan fingerprint density at radius 3 is 2.75 bits per heavy atom. The molecule has 0 atom stereocenters. The number of rotatable bonds is 4. The molecule has 1 aromatic heterocycles. The number of aromatic nitrogens is 1. The Bertz CT molecular complexity index is 635. The molecule has 0 fully saturated rings. The molecule has 0 unspecified atom stereocenters. The Hall–Kier alpha value is -1.94. The first-order valence-electron chi connectivity index (χ1n) is 6.86. The van der Waals surface area contributed by atoms with Gasteiger partial charge in [0, 0.05) is 11.6 Å². The van der Waals surface area contributed by atoms with E-state index in [1.165, 1.54) is 0 Å². The fourth-order valence-corrected chi connectivity index (χ4v) is 2.22. The lowest BCUT2D eigenvalue weighted by Gasteiger charge is -2.24. The number of carbonyl (C=O) groups excluding carboxylic acids is 1. The van der Waals surface area contributed by atoms with E-state index in [0.29, 0.717) is 0 Å². The molecule has 2 N–H and O–H groups in total. The smallest absolute Gasteiger partial charge is 0.244 e. The van der Waals surface area contributed by atoms with Gasteiger partial charge in [-0.3, -0.25) is 9.78 Å². The Morgan fingerprint density at radius 1 is 1.30 bits per heavy atom. The van der Waals surface area contributed by atoms with Crippen molar-refractivity contribution in [3.8, 4) is 0 Å². The van der Waals surface area contributed by atoms with E-state index in [1.807, 2.05) is 52.0 Å². The number of likely N-dealkylation sites (N-methyl/N-ethyl adjacent to an activating group) is 1. The van der Waals surface area contributed by atoms with Gasteiger partial charge < -0.3 is 10.6 Å². The maximum atomic E-state index is 12.4. The number of benzene rings is 1. The van der Waals surface area contributed by atoms with Crippen LogP contribution in [-0.2, 0) is 4.79 Å². The maximum absolute atomic E-state index is 12.4. The number of nitrogens with one attached hydrogen (secondary N) is 2. The normalized spacial score (nSPS) is 11.6. The second-order valence-electron chi connectivity index (χ2n) is 5.44. The number of aryl methyl sites for hydroxylation is 1. The van der Waals surface area contributed by atoms with Gasteiger partial charge >= 0.3 is 0 Å². The van der Waals surface area contributed by atoms with E-state index in [2.05, 4.69) is 15.6 Å². The van der Waals surface area contributed by atoms with Crippen LogP contribution in [-0.4, -0.2) is 23.0 Å². The summed E-state index contributed by atoms with van der Waals surface area (Å²) in [5.41, 5.74) is 2.22. The number of fused-ring (bicyclic) bond motifs is 1. The zero-order valence-electron chi connectivity index (χ0n) is 12.4. The molecule has 0 aliphatic carbocycles.